The molecule has 94 valence electrons. The molecule has 1 atom stereocenters. The lowest BCUT2D eigenvalue weighted by molar-refractivity contribution is 0.0991. The first kappa shape index (κ1) is 12.5. The minimum atomic E-state index is -0.758. The molecule has 18 heavy (non-hydrogen) atoms. The van der Waals surface area contributed by atoms with Crippen molar-refractivity contribution in [1.29, 1.82) is 0 Å². The first-order valence-corrected chi connectivity index (χ1v) is 5.84. The summed E-state index contributed by atoms with van der Waals surface area (Å²) in [5, 5.41) is -0.302. The Morgan fingerprint density at radius 2 is 2.17 bits per heavy atom. The van der Waals surface area contributed by atoms with Gasteiger partial charge in [-0.05, 0) is 12.1 Å². The maximum absolute atomic E-state index is 11.4. The molecule has 0 spiro atoms. The van der Waals surface area contributed by atoms with Gasteiger partial charge in [0.05, 0.1) is 5.25 Å². The molecule has 5 nitrogen and oxygen atoms in total. The second-order valence-corrected chi connectivity index (χ2v) is 4.09. The molecule has 1 unspecified atom stereocenters. The van der Waals surface area contributed by atoms with Gasteiger partial charge >= 0.3 is 6.16 Å². The molecule has 2 aromatic rings. The highest BCUT2D eigenvalue weighted by molar-refractivity contribution is 7.80. The molecular weight excluding hydrogens is 252 g/mol. The predicted molar refractivity (Wildman–Crippen MR) is 68.7 cm³/mol. The van der Waals surface area contributed by atoms with E-state index >= 15 is 0 Å². The lowest BCUT2D eigenvalue weighted by Crippen LogP contribution is -2.14. The third-order valence-corrected chi connectivity index (χ3v) is 2.53. The van der Waals surface area contributed by atoms with Gasteiger partial charge in [-0.15, -0.1) is 0 Å². The SMILES string of the molecule is O=C(OCC(S)c1ncc[nH]1)Oc1ccccc1. The molecule has 0 aliphatic rings. The Morgan fingerprint density at radius 1 is 1.39 bits per heavy atom. The van der Waals surface area contributed by atoms with E-state index in [1.54, 1.807) is 36.7 Å². The topological polar surface area (TPSA) is 64.2 Å². The van der Waals surface area contributed by atoms with E-state index in [2.05, 4.69) is 22.6 Å². The summed E-state index contributed by atoms with van der Waals surface area (Å²) in [5.41, 5.74) is 0. The summed E-state index contributed by atoms with van der Waals surface area (Å²) < 4.78 is 9.89. The average molecular weight is 264 g/mol. The van der Waals surface area contributed by atoms with Crippen molar-refractivity contribution in [2.24, 2.45) is 0 Å². The highest BCUT2D eigenvalue weighted by Crippen LogP contribution is 2.16. The average Bonchev–Trinajstić information content (AvgIpc) is 2.91. The van der Waals surface area contributed by atoms with Crippen molar-refractivity contribution in [1.82, 2.24) is 9.97 Å². The Kier molecular flexibility index (Phi) is 4.25. The monoisotopic (exact) mass is 264 g/mol. The molecule has 1 aromatic heterocycles. The number of benzene rings is 1. The minimum absolute atomic E-state index is 0.0856. The highest BCUT2D eigenvalue weighted by atomic mass is 32.1. The summed E-state index contributed by atoms with van der Waals surface area (Å²) in [6.07, 6.45) is 2.54. The molecule has 0 fully saturated rings. The molecule has 2 rings (SSSR count). The first-order chi connectivity index (χ1) is 8.75. The third kappa shape index (κ3) is 3.53. The zero-order valence-corrected chi connectivity index (χ0v) is 10.3. The number of hydrogen-bond acceptors (Lipinski definition) is 5. The summed E-state index contributed by atoms with van der Waals surface area (Å²) in [6.45, 7) is 0.0856. The van der Waals surface area contributed by atoms with Crippen LogP contribution in [0.1, 0.15) is 11.1 Å². The van der Waals surface area contributed by atoms with Gasteiger partial charge < -0.3 is 14.5 Å². The van der Waals surface area contributed by atoms with Crippen LogP contribution < -0.4 is 4.74 Å². The zero-order chi connectivity index (χ0) is 12.8. The fourth-order valence-electron chi connectivity index (χ4n) is 1.30. The third-order valence-electron chi connectivity index (χ3n) is 2.14. The molecule has 0 saturated carbocycles. The van der Waals surface area contributed by atoms with Crippen molar-refractivity contribution in [3.63, 3.8) is 0 Å². The van der Waals surface area contributed by atoms with E-state index in [9.17, 15) is 4.79 Å². The molecule has 1 heterocycles. The zero-order valence-electron chi connectivity index (χ0n) is 9.45. The molecule has 6 heteroatoms. The van der Waals surface area contributed by atoms with Crippen molar-refractivity contribution in [2.75, 3.05) is 6.61 Å². The number of aromatic nitrogens is 2. The number of ether oxygens (including phenoxy) is 2. The summed E-state index contributed by atoms with van der Waals surface area (Å²) in [7, 11) is 0. The summed E-state index contributed by atoms with van der Waals surface area (Å²) in [5.74, 6) is 1.09. The van der Waals surface area contributed by atoms with Crippen LogP contribution in [0.25, 0.3) is 0 Å². The number of rotatable bonds is 4. The van der Waals surface area contributed by atoms with Crippen molar-refractivity contribution in [3.05, 3.63) is 48.5 Å². The number of H-pyrrole nitrogens is 1. The second-order valence-electron chi connectivity index (χ2n) is 3.47. The summed E-state index contributed by atoms with van der Waals surface area (Å²) in [4.78, 5) is 18.3. The largest absolute Gasteiger partial charge is 0.513 e. The fraction of sp³-hybridized carbons (Fsp3) is 0.167. The van der Waals surface area contributed by atoms with E-state index in [0.29, 0.717) is 11.6 Å². The number of nitrogens with zero attached hydrogens (tertiary/aromatic N) is 1. The fourth-order valence-corrected chi connectivity index (χ4v) is 1.52. The van der Waals surface area contributed by atoms with Crippen LogP contribution >= 0.6 is 12.6 Å². The lowest BCUT2D eigenvalue weighted by atomic mass is 10.3. The van der Waals surface area contributed by atoms with Gasteiger partial charge in [-0.25, -0.2) is 9.78 Å². The van der Waals surface area contributed by atoms with Gasteiger partial charge in [0.15, 0.2) is 0 Å². The van der Waals surface area contributed by atoms with Crippen LogP contribution in [0.4, 0.5) is 4.79 Å². The van der Waals surface area contributed by atoms with Crippen molar-refractivity contribution in [3.8, 4) is 5.75 Å². The van der Waals surface area contributed by atoms with E-state index in [1.807, 2.05) is 6.07 Å². The molecule has 0 bridgehead atoms. The van der Waals surface area contributed by atoms with Crippen LogP contribution in [0.2, 0.25) is 0 Å². The van der Waals surface area contributed by atoms with Crippen LogP contribution in [0.3, 0.4) is 0 Å². The molecule has 1 N–H and O–H groups in total. The minimum Gasteiger partial charge on any atom is -0.432 e. The van der Waals surface area contributed by atoms with Crippen LogP contribution in [-0.2, 0) is 4.74 Å². The first-order valence-electron chi connectivity index (χ1n) is 5.32. The smallest absolute Gasteiger partial charge is 0.432 e. The molecular formula is C12H12N2O3S. The molecule has 0 saturated heterocycles. The van der Waals surface area contributed by atoms with Crippen LogP contribution in [0, 0.1) is 0 Å². The van der Waals surface area contributed by atoms with Gasteiger partial charge in [-0.2, -0.15) is 12.6 Å². The number of hydrogen-bond donors (Lipinski definition) is 2. The predicted octanol–water partition coefficient (Wildman–Crippen LogP) is 2.60. The Bertz CT molecular complexity index is 487. The Morgan fingerprint density at radius 3 is 2.83 bits per heavy atom. The number of carbonyl (C=O) groups is 1. The van der Waals surface area contributed by atoms with Crippen LogP contribution in [0.5, 0.6) is 5.75 Å². The molecule has 1 aromatic carbocycles. The number of thiol groups is 1. The van der Waals surface area contributed by atoms with E-state index < -0.39 is 6.16 Å². The van der Waals surface area contributed by atoms with E-state index in [4.69, 9.17) is 9.47 Å². The second kappa shape index (κ2) is 6.11. The number of imidazole rings is 1. The van der Waals surface area contributed by atoms with E-state index in [-0.39, 0.29) is 11.9 Å². The summed E-state index contributed by atoms with van der Waals surface area (Å²) in [6, 6.07) is 8.72. The van der Waals surface area contributed by atoms with Crippen molar-refractivity contribution >= 4 is 18.8 Å². The van der Waals surface area contributed by atoms with E-state index in [1.165, 1.54) is 0 Å². The van der Waals surface area contributed by atoms with Crippen molar-refractivity contribution < 1.29 is 14.3 Å². The maximum Gasteiger partial charge on any atom is 0.513 e. The van der Waals surface area contributed by atoms with Gasteiger partial charge in [0, 0.05) is 12.4 Å². The Balaban J connectivity index is 1.79. The number of para-hydroxylation sites is 1. The standard InChI is InChI=1S/C12H12N2O3S/c15-12(17-9-4-2-1-3-5-9)16-8-10(18)11-13-6-7-14-11/h1-7,10,18H,8H2,(H,13,14). The van der Waals surface area contributed by atoms with Gasteiger partial charge in [-0.1, -0.05) is 18.2 Å². The number of nitrogens with one attached hydrogen (secondary N) is 1. The molecule has 0 aliphatic carbocycles. The Hall–Kier alpha value is -1.95. The van der Waals surface area contributed by atoms with Gasteiger partial charge in [-0.3, -0.25) is 0 Å². The quantitative estimate of drug-likeness (QED) is 0.506. The maximum atomic E-state index is 11.4. The molecule has 0 amide bonds. The highest BCUT2D eigenvalue weighted by Gasteiger charge is 2.13. The van der Waals surface area contributed by atoms with Crippen LogP contribution in [0.15, 0.2) is 42.7 Å². The molecule has 0 radical (unpaired) electrons. The van der Waals surface area contributed by atoms with Gasteiger partial charge in [0.1, 0.15) is 18.2 Å². The van der Waals surface area contributed by atoms with Gasteiger partial charge in [0.25, 0.3) is 0 Å². The van der Waals surface area contributed by atoms with Crippen molar-refractivity contribution in [2.45, 2.75) is 5.25 Å². The molecule has 0 aliphatic heterocycles. The van der Waals surface area contributed by atoms with Gasteiger partial charge in [0.2, 0.25) is 0 Å². The Labute approximate surface area is 110 Å². The number of aromatic amines is 1. The lowest BCUT2D eigenvalue weighted by Gasteiger charge is -2.09. The summed E-state index contributed by atoms with van der Waals surface area (Å²) >= 11 is 4.26. The normalized spacial score (nSPS) is 11.8. The van der Waals surface area contributed by atoms with Crippen LogP contribution in [-0.4, -0.2) is 22.7 Å². The van der Waals surface area contributed by atoms with E-state index in [0.717, 1.165) is 0 Å². The number of carbonyl (C=O) groups excluding carboxylic acids is 1.